The van der Waals surface area contributed by atoms with Crippen molar-refractivity contribution in [3.05, 3.63) is 149 Å². The zero-order valence-electron chi connectivity index (χ0n) is 19.9. The SMILES string of the molecule is Cc1cccc(C)c1-n1c(Cc2ccccc2)cnc1BC(c1ccccc1)c1ccccc1. The van der Waals surface area contributed by atoms with Crippen molar-refractivity contribution in [2.75, 3.05) is 0 Å². The van der Waals surface area contributed by atoms with E-state index in [1.54, 1.807) is 0 Å². The number of aryl methyl sites for hydroxylation is 2. The molecule has 0 saturated carbocycles. The van der Waals surface area contributed by atoms with Crippen LogP contribution in [-0.4, -0.2) is 16.8 Å². The molecule has 5 rings (SSSR count). The van der Waals surface area contributed by atoms with Crippen LogP contribution in [0.5, 0.6) is 0 Å². The zero-order valence-corrected chi connectivity index (χ0v) is 19.9. The van der Waals surface area contributed by atoms with Crippen LogP contribution in [0.15, 0.2) is 115 Å². The van der Waals surface area contributed by atoms with Crippen LogP contribution in [0.25, 0.3) is 5.69 Å². The maximum Gasteiger partial charge on any atom is 0.217 e. The maximum absolute atomic E-state index is 5.02. The predicted molar refractivity (Wildman–Crippen MR) is 144 cm³/mol. The van der Waals surface area contributed by atoms with Crippen LogP contribution in [0, 0.1) is 13.8 Å². The topological polar surface area (TPSA) is 17.8 Å². The Kier molecular flexibility index (Phi) is 6.44. The van der Waals surface area contributed by atoms with E-state index in [-0.39, 0.29) is 5.82 Å². The zero-order chi connectivity index (χ0) is 23.3. The molecule has 0 aliphatic carbocycles. The minimum Gasteiger partial charge on any atom is -0.308 e. The van der Waals surface area contributed by atoms with Gasteiger partial charge in [-0.1, -0.05) is 109 Å². The Hall–Kier alpha value is -3.85. The van der Waals surface area contributed by atoms with Crippen molar-refractivity contribution in [1.82, 2.24) is 9.55 Å². The van der Waals surface area contributed by atoms with Crippen LogP contribution in [0.2, 0.25) is 0 Å². The molecule has 34 heavy (non-hydrogen) atoms. The van der Waals surface area contributed by atoms with Gasteiger partial charge in [0.1, 0.15) is 0 Å². The normalized spacial score (nSPS) is 11.0. The number of para-hydroxylation sites is 1. The largest absolute Gasteiger partial charge is 0.308 e. The second-order valence-electron chi connectivity index (χ2n) is 8.98. The Bertz CT molecular complexity index is 1300. The second kappa shape index (κ2) is 9.97. The number of benzene rings is 4. The summed E-state index contributed by atoms with van der Waals surface area (Å²) in [5.74, 6) is 0.234. The molecule has 0 fully saturated rings. The Morgan fingerprint density at radius 3 is 1.76 bits per heavy atom. The second-order valence-corrected chi connectivity index (χ2v) is 8.98. The molecular formula is C31H29BN2. The van der Waals surface area contributed by atoms with Gasteiger partial charge in [-0.05, 0) is 47.5 Å². The number of imidazole rings is 1. The first-order valence-corrected chi connectivity index (χ1v) is 12.0. The fraction of sp³-hybridized carbons (Fsp3) is 0.129. The molecule has 3 heteroatoms. The monoisotopic (exact) mass is 440 g/mol. The quantitative estimate of drug-likeness (QED) is 0.287. The summed E-state index contributed by atoms with van der Waals surface area (Å²) < 4.78 is 2.41. The summed E-state index contributed by atoms with van der Waals surface area (Å²) in [4.78, 5) is 5.02. The van der Waals surface area contributed by atoms with Gasteiger partial charge in [0.2, 0.25) is 7.28 Å². The van der Waals surface area contributed by atoms with Crippen LogP contribution in [0.1, 0.15) is 39.3 Å². The third-order valence-electron chi connectivity index (χ3n) is 6.59. The lowest BCUT2D eigenvalue weighted by molar-refractivity contribution is 0.955. The molecule has 0 N–H and O–H groups in total. The summed E-state index contributed by atoms with van der Waals surface area (Å²) in [5, 5.41) is 0. The van der Waals surface area contributed by atoms with E-state index in [1.807, 2.05) is 0 Å². The molecule has 1 heterocycles. The molecule has 0 aliphatic rings. The van der Waals surface area contributed by atoms with Gasteiger partial charge < -0.3 is 4.57 Å². The summed E-state index contributed by atoms with van der Waals surface area (Å²) in [6, 6.07) is 38.8. The van der Waals surface area contributed by atoms with E-state index in [9.17, 15) is 0 Å². The Balaban J connectivity index is 1.63. The molecule has 1 aromatic heterocycles. The van der Waals surface area contributed by atoms with Crippen molar-refractivity contribution in [3.63, 3.8) is 0 Å². The highest BCUT2D eigenvalue weighted by atomic mass is 15.1. The lowest BCUT2D eigenvalue weighted by Gasteiger charge is -2.21. The first-order chi connectivity index (χ1) is 16.7. The highest BCUT2D eigenvalue weighted by Gasteiger charge is 2.23. The van der Waals surface area contributed by atoms with Gasteiger partial charge in [0.05, 0.1) is 11.4 Å². The van der Waals surface area contributed by atoms with Crippen LogP contribution in [0.3, 0.4) is 0 Å². The summed E-state index contributed by atoms with van der Waals surface area (Å²) >= 11 is 0. The van der Waals surface area contributed by atoms with Gasteiger partial charge in [0.15, 0.2) is 0 Å². The highest BCUT2D eigenvalue weighted by Crippen LogP contribution is 2.26. The molecule has 0 amide bonds. The molecule has 0 bridgehead atoms. The van der Waals surface area contributed by atoms with E-state index in [0.29, 0.717) is 0 Å². The molecule has 2 nitrogen and oxygen atoms in total. The van der Waals surface area contributed by atoms with E-state index in [4.69, 9.17) is 4.98 Å². The van der Waals surface area contributed by atoms with Crippen LogP contribution in [0.4, 0.5) is 0 Å². The smallest absolute Gasteiger partial charge is 0.217 e. The van der Waals surface area contributed by atoms with Crippen molar-refractivity contribution in [2.24, 2.45) is 0 Å². The average molecular weight is 440 g/mol. The first kappa shape index (κ1) is 22.0. The highest BCUT2D eigenvalue weighted by molar-refractivity contribution is 6.54. The molecule has 5 aromatic rings. The fourth-order valence-electron chi connectivity index (χ4n) is 4.92. The molecule has 166 valence electrons. The lowest BCUT2D eigenvalue weighted by atomic mass is 9.58. The van der Waals surface area contributed by atoms with E-state index in [0.717, 1.165) is 19.4 Å². The van der Waals surface area contributed by atoms with E-state index in [1.165, 1.54) is 39.2 Å². The maximum atomic E-state index is 5.02. The molecule has 0 radical (unpaired) electrons. The van der Waals surface area contributed by atoms with Crippen molar-refractivity contribution in [3.8, 4) is 5.69 Å². The summed E-state index contributed by atoms with van der Waals surface area (Å²) in [6.07, 6.45) is 2.92. The minimum atomic E-state index is 0.234. The van der Waals surface area contributed by atoms with Crippen LogP contribution in [-0.2, 0) is 6.42 Å². The Morgan fingerprint density at radius 2 is 1.21 bits per heavy atom. The van der Waals surface area contributed by atoms with E-state index in [2.05, 4.69) is 134 Å². The van der Waals surface area contributed by atoms with Gasteiger partial charge in [-0.3, -0.25) is 4.98 Å². The standard InChI is InChI=1S/C31H29BN2/c1-23-13-12-14-24(2)30(23)34-28(21-25-15-6-3-7-16-25)22-33-31(34)32-29(26-17-8-4-9-18-26)27-19-10-5-11-20-27/h3-20,22,29,32H,21H2,1-2H3. The Labute approximate surface area is 203 Å². The number of hydrogen-bond acceptors (Lipinski definition) is 1. The lowest BCUT2D eigenvalue weighted by Crippen LogP contribution is -2.32. The molecule has 0 unspecified atom stereocenters. The third-order valence-corrected chi connectivity index (χ3v) is 6.59. The van der Waals surface area contributed by atoms with Gasteiger partial charge in [0.25, 0.3) is 0 Å². The van der Waals surface area contributed by atoms with Gasteiger partial charge in [-0.25, -0.2) is 0 Å². The third kappa shape index (κ3) is 4.60. The predicted octanol–water partition coefficient (Wildman–Crippen LogP) is 5.93. The molecule has 0 spiro atoms. The van der Waals surface area contributed by atoms with Gasteiger partial charge in [-0.2, -0.15) is 0 Å². The van der Waals surface area contributed by atoms with Crippen molar-refractivity contribution >= 4 is 13.0 Å². The van der Waals surface area contributed by atoms with Gasteiger partial charge >= 0.3 is 0 Å². The van der Waals surface area contributed by atoms with Crippen molar-refractivity contribution < 1.29 is 0 Å². The molecular weight excluding hydrogens is 411 g/mol. The number of rotatable bonds is 7. The number of aromatic nitrogens is 2. The van der Waals surface area contributed by atoms with E-state index >= 15 is 0 Å². The van der Waals surface area contributed by atoms with Crippen LogP contribution >= 0.6 is 0 Å². The number of nitrogens with zero attached hydrogens (tertiary/aromatic N) is 2. The molecule has 0 saturated heterocycles. The molecule has 0 aliphatic heterocycles. The van der Waals surface area contributed by atoms with E-state index < -0.39 is 0 Å². The minimum absolute atomic E-state index is 0.234. The summed E-state index contributed by atoms with van der Waals surface area (Å²) in [5.41, 5.74) is 10.0. The van der Waals surface area contributed by atoms with Gasteiger partial charge in [0, 0.05) is 18.3 Å². The van der Waals surface area contributed by atoms with Crippen molar-refractivity contribution in [2.45, 2.75) is 26.1 Å². The number of hydrogen-bond donors (Lipinski definition) is 0. The first-order valence-electron chi connectivity index (χ1n) is 12.0. The summed E-state index contributed by atoms with van der Waals surface area (Å²) in [6.45, 7) is 4.40. The Morgan fingerprint density at radius 1 is 0.676 bits per heavy atom. The van der Waals surface area contributed by atoms with Gasteiger partial charge in [-0.15, -0.1) is 0 Å². The molecule has 4 aromatic carbocycles. The average Bonchev–Trinajstić information content (AvgIpc) is 3.25. The van der Waals surface area contributed by atoms with Crippen LogP contribution < -0.4 is 5.72 Å². The fourth-order valence-corrected chi connectivity index (χ4v) is 4.92. The summed E-state index contributed by atoms with van der Waals surface area (Å²) in [7, 11) is 0.830. The molecule has 0 atom stereocenters. The van der Waals surface area contributed by atoms with Crippen molar-refractivity contribution in [1.29, 1.82) is 0 Å².